The molecule has 10 heavy (non-hydrogen) atoms. The van der Waals surface area contributed by atoms with Gasteiger partial charge in [0.25, 0.3) is 0 Å². The minimum atomic E-state index is 1.04. The molecule has 0 bridgehead atoms. The van der Waals surface area contributed by atoms with Gasteiger partial charge in [-0.1, -0.05) is 6.07 Å². The molecule has 0 aliphatic carbocycles. The van der Waals surface area contributed by atoms with Crippen molar-refractivity contribution in [2.45, 2.75) is 9.79 Å². The van der Waals surface area contributed by atoms with Crippen molar-refractivity contribution in [1.82, 2.24) is 0 Å². The van der Waals surface area contributed by atoms with E-state index in [0.29, 0.717) is 0 Å². The number of rotatable bonds is 2. The lowest BCUT2D eigenvalue weighted by molar-refractivity contribution is 1.33. The fourth-order valence-electron chi connectivity index (χ4n) is 0.621. The number of hydrogen-bond acceptors (Lipinski definition) is 4. The van der Waals surface area contributed by atoms with Gasteiger partial charge < -0.3 is 0 Å². The average molecular weight is 172 g/mol. The molecule has 0 unspecified atom stereocenters. The first-order valence-electron chi connectivity index (χ1n) is 2.70. The van der Waals surface area contributed by atoms with Gasteiger partial charge in [-0.05, 0) is 42.1 Å². The van der Waals surface area contributed by atoms with Crippen LogP contribution in [0.5, 0.6) is 0 Å². The maximum Gasteiger partial charge on any atom is 0.0237 e. The van der Waals surface area contributed by atoms with E-state index in [1.807, 2.05) is 24.3 Å². The highest BCUT2D eigenvalue weighted by Gasteiger charge is 1.91. The Morgan fingerprint density at radius 1 is 1.00 bits per heavy atom. The van der Waals surface area contributed by atoms with Crippen LogP contribution in [0.2, 0.25) is 0 Å². The number of benzene rings is 1. The highest BCUT2D eigenvalue weighted by molar-refractivity contribution is 7.97. The molecule has 2 nitrogen and oxygen atoms in total. The number of nitrogens with two attached hydrogens (primary N) is 2. The summed E-state index contributed by atoms with van der Waals surface area (Å²) in [5.74, 6) is 0. The monoisotopic (exact) mass is 172 g/mol. The predicted octanol–water partition coefficient (Wildman–Crippen LogP) is 1.62. The summed E-state index contributed by atoms with van der Waals surface area (Å²) in [6.07, 6.45) is 0. The summed E-state index contributed by atoms with van der Waals surface area (Å²) in [5, 5.41) is 10.7. The zero-order valence-electron chi connectivity index (χ0n) is 5.28. The van der Waals surface area contributed by atoms with Gasteiger partial charge in [0.1, 0.15) is 0 Å². The lowest BCUT2D eigenvalue weighted by Gasteiger charge is -1.96. The Kier molecular flexibility index (Phi) is 3.08. The quantitative estimate of drug-likeness (QED) is 0.666. The van der Waals surface area contributed by atoms with Gasteiger partial charge in [0.05, 0.1) is 0 Å². The van der Waals surface area contributed by atoms with Crippen molar-refractivity contribution in [3.63, 3.8) is 0 Å². The van der Waals surface area contributed by atoms with Gasteiger partial charge in [-0.2, -0.15) is 0 Å². The van der Waals surface area contributed by atoms with E-state index in [2.05, 4.69) is 0 Å². The highest BCUT2D eigenvalue weighted by atomic mass is 32.2. The fraction of sp³-hybridized carbons (Fsp3) is 0. The molecule has 0 aliphatic rings. The van der Waals surface area contributed by atoms with Crippen LogP contribution in [0.3, 0.4) is 0 Å². The maximum atomic E-state index is 5.34. The van der Waals surface area contributed by atoms with E-state index in [4.69, 9.17) is 10.3 Å². The second-order valence-electron chi connectivity index (χ2n) is 1.71. The van der Waals surface area contributed by atoms with E-state index in [1.165, 1.54) is 23.9 Å². The summed E-state index contributed by atoms with van der Waals surface area (Å²) in [7, 11) is 0. The van der Waals surface area contributed by atoms with Crippen LogP contribution in [-0.4, -0.2) is 0 Å². The number of hydrogen-bond donors (Lipinski definition) is 2. The van der Waals surface area contributed by atoms with Crippen LogP contribution in [0.4, 0.5) is 0 Å². The molecule has 4 N–H and O–H groups in total. The molecule has 1 aromatic rings. The first-order valence-corrected chi connectivity index (χ1v) is 4.46. The lowest BCUT2D eigenvalue weighted by atomic mass is 10.4. The standard InChI is InChI=1S/C6H8N2S2/c7-9-5-2-1-3-6(4-5)10-8/h1-4H,7-8H2. The lowest BCUT2D eigenvalue weighted by Crippen LogP contribution is -1.82. The van der Waals surface area contributed by atoms with Gasteiger partial charge >= 0.3 is 0 Å². The van der Waals surface area contributed by atoms with E-state index >= 15 is 0 Å². The van der Waals surface area contributed by atoms with Gasteiger partial charge in [0.2, 0.25) is 0 Å². The Labute approximate surface area is 68.6 Å². The van der Waals surface area contributed by atoms with Gasteiger partial charge in [-0.25, -0.2) is 0 Å². The first-order chi connectivity index (χ1) is 4.86. The summed E-state index contributed by atoms with van der Waals surface area (Å²) in [6.45, 7) is 0. The van der Waals surface area contributed by atoms with Crippen molar-refractivity contribution >= 4 is 23.9 Å². The van der Waals surface area contributed by atoms with Crippen molar-refractivity contribution in [2.75, 3.05) is 0 Å². The summed E-state index contributed by atoms with van der Waals surface area (Å²) in [5.41, 5.74) is 0. The third-order valence-corrected chi connectivity index (χ3v) is 2.13. The van der Waals surface area contributed by atoms with Crippen LogP contribution in [0.1, 0.15) is 0 Å². The van der Waals surface area contributed by atoms with Crippen LogP contribution in [0.15, 0.2) is 34.1 Å². The van der Waals surface area contributed by atoms with Gasteiger partial charge in [0.15, 0.2) is 0 Å². The zero-order chi connectivity index (χ0) is 7.40. The van der Waals surface area contributed by atoms with Crippen molar-refractivity contribution < 1.29 is 0 Å². The molecule has 0 saturated heterocycles. The molecule has 0 saturated carbocycles. The van der Waals surface area contributed by atoms with Crippen LogP contribution in [0, 0.1) is 0 Å². The van der Waals surface area contributed by atoms with Crippen LogP contribution < -0.4 is 10.3 Å². The van der Waals surface area contributed by atoms with Crippen molar-refractivity contribution in [1.29, 1.82) is 0 Å². The minimum Gasteiger partial charge on any atom is -0.274 e. The largest absolute Gasteiger partial charge is 0.274 e. The predicted molar refractivity (Wildman–Crippen MR) is 46.5 cm³/mol. The molecule has 0 radical (unpaired) electrons. The van der Waals surface area contributed by atoms with E-state index in [0.717, 1.165) is 9.79 Å². The fourth-order valence-corrected chi connectivity index (χ4v) is 1.40. The Balaban J connectivity index is 2.87. The van der Waals surface area contributed by atoms with E-state index in [-0.39, 0.29) is 0 Å². The molecule has 0 atom stereocenters. The SMILES string of the molecule is NSc1cccc(SN)c1. The van der Waals surface area contributed by atoms with E-state index < -0.39 is 0 Å². The first kappa shape index (κ1) is 7.94. The summed E-state index contributed by atoms with van der Waals surface area (Å²) < 4.78 is 0. The molecule has 0 fully saturated rings. The molecule has 0 heterocycles. The smallest absolute Gasteiger partial charge is 0.0237 e. The summed E-state index contributed by atoms with van der Waals surface area (Å²) in [6, 6.07) is 7.79. The molecule has 0 amide bonds. The molecule has 54 valence electrons. The molecular weight excluding hydrogens is 164 g/mol. The molecular formula is C6H8N2S2. The van der Waals surface area contributed by atoms with Crippen LogP contribution >= 0.6 is 23.9 Å². The Morgan fingerprint density at radius 2 is 1.50 bits per heavy atom. The zero-order valence-corrected chi connectivity index (χ0v) is 6.91. The van der Waals surface area contributed by atoms with Crippen molar-refractivity contribution in [2.24, 2.45) is 10.3 Å². The molecule has 1 rings (SSSR count). The third kappa shape index (κ3) is 1.91. The molecule has 0 spiro atoms. The topological polar surface area (TPSA) is 52.0 Å². The molecule has 4 heteroatoms. The molecule has 0 aromatic heterocycles. The molecule has 0 aliphatic heterocycles. The average Bonchev–Trinajstić information content (AvgIpc) is 2.05. The third-order valence-electron chi connectivity index (χ3n) is 1.08. The van der Waals surface area contributed by atoms with E-state index in [9.17, 15) is 0 Å². The van der Waals surface area contributed by atoms with Crippen LogP contribution in [-0.2, 0) is 0 Å². The molecule has 1 aromatic carbocycles. The Hall–Kier alpha value is -0.160. The van der Waals surface area contributed by atoms with Crippen molar-refractivity contribution in [3.05, 3.63) is 24.3 Å². The van der Waals surface area contributed by atoms with Gasteiger partial charge in [-0.15, -0.1) is 0 Å². The second kappa shape index (κ2) is 3.88. The van der Waals surface area contributed by atoms with Gasteiger partial charge in [-0.3, -0.25) is 10.3 Å². The second-order valence-corrected chi connectivity index (χ2v) is 3.12. The minimum absolute atomic E-state index is 1.04. The normalized spacial score (nSPS) is 9.80. The highest BCUT2D eigenvalue weighted by Crippen LogP contribution is 2.18. The Morgan fingerprint density at radius 3 is 1.90 bits per heavy atom. The Bertz CT molecular complexity index is 195. The van der Waals surface area contributed by atoms with E-state index in [1.54, 1.807) is 0 Å². The van der Waals surface area contributed by atoms with Gasteiger partial charge in [0, 0.05) is 9.79 Å². The van der Waals surface area contributed by atoms with Crippen LogP contribution in [0.25, 0.3) is 0 Å². The summed E-state index contributed by atoms with van der Waals surface area (Å²) in [4.78, 5) is 2.07. The summed E-state index contributed by atoms with van der Waals surface area (Å²) >= 11 is 2.46. The maximum absolute atomic E-state index is 5.34. The van der Waals surface area contributed by atoms with Crippen molar-refractivity contribution in [3.8, 4) is 0 Å².